The molecular formula is C12H17FN2. The zero-order valence-corrected chi connectivity index (χ0v) is 9.42. The van der Waals surface area contributed by atoms with Crippen molar-refractivity contribution in [3.63, 3.8) is 0 Å². The lowest BCUT2D eigenvalue weighted by Gasteiger charge is -2.24. The van der Waals surface area contributed by atoms with Crippen LogP contribution in [0.15, 0.2) is 29.3 Å². The van der Waals surface area contributed by atoms with Crippen LogP contribution in [0.4, 0.5) is 4.39 Å². The average molecular weight is 208 g/mol. The van der Waals surface area contributed by atoms with Crippen molar-refractivity contribution in [2.45, 2.75) is 26.2 Å². The average Bonchev–Trinajstić information content (AvgIpc) is 2.18. The fourth-order valence-corrected chi connectivity index (χ4v) is 1.38. The molecule has 1 aromatic rings. The van der Waals surface area contributed by atoms with E-state index in [-0.39, 0.29) is 11.2 Å². The number of nitrogens with zero attached hydrogens (tertiary/aromatic N) is 1. The van der Waals surface area contributed by atoms with Crippen molar-refractivity contribution in [1.29, 1.82) is 0 Å². The Labute approximate surface area is 90.0 Å². The van der Waals surface area contributed by atoms with Gasteiger partial charge in [0.05, 0.1) is 0 Å². The lowest BCUT2D eigenvalue weighted by Crippen LogP contribution is -2.36. The fourth-order valence-electron chi connectivity index (χ4n) is 1.38. The summed E-state index contributed by atoms with van der Waals surface area (Å²) in [7, 11) is 0. The van der Waals surface area contributed by atoms with Crippen molar-refractivity contribution in [1.82, 2.24) is 0 Å². The quantitative estimate of drug-likeness (QED) is 0.601. The maximum Gasteiger partial charge on any atom is 0.123 e. The van der Waals surface area contributed by atoms with Crippen LogP contribution in [0.3, 0.4) is 0 Å². The summed E-state index contributed by atoms with van der Waals surface area (Å²) in [5.41, 5.74) is 6.52. The van der Waals surface area contributed by atoms with Crippen LogP contribution in [0, 0.1) is 5.82 Å². The molecule has 0 unspecified atom stereocenters. The summed E-state index contributed by atoms with van der Waals surface area (Å²) in [6.45, 7) is 6.56. The fraction of sp³-hybridized carbons (Fsp3) is 0.417. The van der Waals surface area contributed by atoms with Gasteiger partial charge in [0.2, 0.25) is 0 Å². The van der Waals surface area contributed by atoms with E-state index in [2.05, 4.69) is 4.99 Å². The molecule has 2 nitrogen and oxygen atoms in total. The van der Waals surface area contributed by atoms with Gasteiger partial charge in [0, 0.05) is 12.0 Å². The first-order valence-corrected chi connectivity index (χ1v) is 5.05. The first-order valence-electron chi connectivity index (χ1n) is 5.05. The van der Waals surface area contributed by atoms with E-state index < -0.39 is 0 Å². The first-order chi connectivity index (χ1) is 6.98. The largest absolute Gasteiger partial charge is 0.387 e. The van der Waals surface area contributed by atoms with Crippen LogP contribution in [-0.4, -0.2) is 12.4 Å². The van der Waals surface area contributed by atoms with Crippen LogP contribution in [0.2, 0.25) is 0 Å². The number of rotatable bonds is 3. The Morgan fingerprint density at radius 1 is 1.33 bits per heavy atom. The monoisotopic (exact) mass is 208 g/mol. The molecule has 0 radical (unpaired) electrons. The van der Waals surface area contributed by atoms with Crippen LogP contribution in [0.25, 0.3) is 0 Å². The van der Waals surface area contributed by atoms with Gasteiger partial charge in [0.15, 0.2) is 0 Å². The van der Waals surface area contributed by atoms with Crippen LogP contribution in [-0.2, 0) is 5.41 Å². The Bertz CT molecular complexity index is 352. The number of hydrogen-bond donors (Lipinski definition) is 1. The van der Waals surface area contributed by atoms with Gasteiger partial charge in [-0.05, 0) is 38.5 Å². The molecule has 0 aliphatic carbocycles. The Hall–Kier alpha value is -1.38. The van der Waals surface area contributed by atoms with Crippen molar-refractivity contribution in [2.24, 2.45) is 10.7 Å². The normalized spacial score (nSPS) is 12.9. The molecule has 0 aromatic heterocycles. The zero-order valence-electron chi connectivity index (χ0n) is 9.42. The molecule has 0 bridgehead atoms. The van der Waals surface area contributed by atoms with E-state index in [1.807, 2.05) is 20.8 Å². The minimum absolute atomic E-state index is 0.236. The molecule has 1 rings (SSSR count). The zero-order chi connectivity index (χ0) is 11.5. The summed E-state index contributed by atoms with van der Waals surface area (Å²) >= 11 is 0. The molecule has 0 aliphatic heterocycles. The Morgan fingerprint density at radius 2 is 1.87 bits per heavy atom. The van der Waals surface area contributed by atoms with Gasteiger partial charge in [0.1, 0.15) is 11.7 Å². The van der Waals surface area contributed by atoms with Crippen LogP contribution < -0.4 is 5.73 Å². The molecule has 0 atom stereocenters. The van der Waals surface area contributed by atoms with Gasteiger partial charge >= 0.3 is 0 Å². The second-order valence-corrected chi connectivity index (χ2v) is 3.99. The van der Waals surface area contributed by atoms with Gasteiger partial charge in [-0.15, -0.1) is 0 Å². The molecule has 0 saturated heterocycles. The van der Waals surface area contributed by atoms with E-state index in [4.69, 9.17) is 5.73 Å². The number of aliphatic imine (C=N–C) groups is 1. The smallest absolute Gasteiger partial charge is 0.123 e. The topological polar surface area (TPSA) is 38.4 Å². The lowest BCUT2D eigenvalue weighted by atomic mass is 9.83. The van der Waals surface area contributed by atoms with Gasteiger partial charge in [0.25, 0.3) is 0 Å². The van der Waals surface area contributed by atoms with E-state index in [0.29, 0.717) is 12.4 Å². The molecule has 0 saturated carbocycles. The number of amidine groups is 1. The summed E-state index contributed by atoms with van der Waals surface area (Å²) in [5, 5.41) is 0. The van der Waals surface area contributed by atoms with Crippen molar-refractivity contribution in [3.05, 3.63) is 35.6 Å². The SMILES string of the molecule is CCN=C(N)C(C)(C)c1ccc(F)cc1. The minimum Gasteiger partial charge on any atom is -0.387 e. The van der Waals surface area contributed by atoms with Crippen molar-refractivity contribution in [3.8, 4) is 0 Å². The molecular weight excluding hydrogens is 191 g/mol. The summed E-state index contributed by atoms with van der Waals surface area (Å²) in [6, 6.07) is 6.37. The highest BCUT2D eigenvalue weighted by atomic mass is 19.1. The Balaban J connectivity index is 3.05. The van der Waals surface area contributed by atoms with Crippen LogP contribution >= 0.6 is 0 Å². The molecule has 2 N–H and O–H groups in total. The van der Waals surface area contributed by atoms with E-state index >= 15 is 0 Å². The maximum atomic E-state index is 12.8. The first kappa shape index (κ1) is 11.7. The standard InChI is InChI=1S/C12H17FN2/c1-4-15-11(14)12(2,3)9-5-7-10(13)8-6-9/h5-8H,4H2,1-3H3,(H2,14,15). The third-order valence-electron chi connectivity index (χ3n) is 2.53. The van der Waals surface area contributed by atoms with E-state index in [9.17, 15) is 4.39 Å². The number of hydrogen-bond acceptors (Lipinski definition) is 1. The number of nitrogens with two attached hydrogens (primary N) is 1. The minimum atomic E-state index is -0.344. The predicted octanol–water partition coefficient (Wildman–Crippen LogP) is 2.48. The van der Waals surface area contributed by atoms with Crippen LogP contribution in [0.5, 0.6) is 0 Å². The molecule has 15 heavy (non-hydrogen) atoms. The molecule has 0 aliphatic rings. The second-order valence-electron chi connectivity index (χ2n) is 3.99. The Kier molecular flexibility index (Phi) is 3.45. The molecule has 0 spiro atoms. The highest BCUT2D eigenvalue weighted by Gasteiger charge is 2.24. The highest BCUT2D eigenvalue weighted by molar-refractivity contribution is 5.90. The number of halogens is 1. The van der Waals surface area contributed by atoms with Gasteiger partial charge in [-0.2, -0.15) is 0 Å². The maximum absolute atomic E-state index is 12.8. The van der Waals surface area contributed by atoms with E-state index in [0.717, 1.165) is 5.56 Å². The molecule has 0 fully saturated rings. The van der Waals surface area contributed by atoms with Crippen molar-refractivity contribution < 1.29 is 4.39 Å². The summed E-state index contributed by atoms with van der Waals surface area (Å²) < 4.78 is 12.8. The molecule has 1 aromatic carbocycles. The molecule has 3 heteroatoms. The Morgan fingerprint density at radius 3 is 2.33 bits per heavy atom. The lowest BCUT2D eigenvalue weighted by molar-refractivity contribution is 0.623. The summed E-state index contributed by atoms with van der Waals surface area (Å²) in [6.07, 6.45) is 0. The van der Waals surface area contributed by atoms with Crippen LogP contribution in [0.1, 0.15) is 26.3 Å². The second kappa shape index (κ2) is 4.43. The summed E-state index contributed by atoms with van der Waals surface area (Å²) in [4.78, 5) is 4.20. The molecule has 0 amide bonds. The van der Waals surface area contributed by atoms with Crippen molar-refractivity contribution >= 4 is 5.84 Å². The molecule has 0 heterocycles. The summed E-state index contributed by atoms with van der Waals surface area (Å²) in [5.74, 6) is 0.345. The van der Waals surface area contributed by atoms with E-state index in [1.54, 1.807) is 12.1 Å². The predicted molar refractivity (Wildman–Crippen MR) is 61.6 cm³/mol. The number of benzene rings is 1. The van der Waals surface area contributed by atoms with E-state index in [1.165, 1.54) is 12.1 Å². The third-order valence-corrected chi connectivity index (χ3v) is 2.53. The van der Waals surface area contributed by atoms with Gasteiger partial charge < -0.3 is 5.73 Å². The van der Waals surface area contributed by atoms with Gasteiger partial charge in [-0.1, -0.05) is 12.1 Å². The molecule has 82 valence electrons. The third kappa shape index (κ3) is 2.55. The highest BCUT2D eigenvalue weighted by Crippen LogP contribution is 2.23. The van der Waals surface area contributed by atoms with Gasteiger partial charge in [-0.25, -0.2) is 4.39 Å². The van der Waals surface area contributed by atoms with Crippen molar-refractivity contribution in [2.75, 3.05) is 6.54 Å². The van der Waals surface area contributed by atoms with Gasteiger partial charge in [-0.3, -0.25) is 4.99 Å².